The number of hydrogen-bond acceptors (Lipinski definition) is 2. The van der Waals surface area contributed by atoms with Gasteiger partial charge in [0.15, 0.2) is 0 Å². The number of allylic oxidation sites excluding steroid dienone is 2. The zero-order valence-corrected chi connectivity index (χ0v) is 12.0. The molecule has 0 unspecified atom stereocenters. The highest BCUT2D eigenvalue weighted by molar-refractivity contribution is 6.06. The second kappa shape index (κ2) is 6.22. The fraction of sp³-hybridized carbons (Fsp3) is 0.176. The quantitative estimate of drug-likeness (QED) is 0.932. The number of carboxylic acid groups (broad SMARTS) is 1. The summed E-state index contributed by atoms with van der Waals surface area (Å²) in [7, 11) is 0. The van der Waals surface area contributed by atoms with Crippen molar-refractivity contribution in [2.24, 2.45) is 0 Å². The molecule has 0 aliphatic rings. The highest BCUT2D eigenvalue weighted by Gasteiger charge is 2.18. The van der Waals surface area contributed by atoms with Gasteiger partial charge < -0.3 is 5.11 Å². The van der Waals surface area contributed by atoms with Crippen LogP contribution >= 0.6 is 0 Å². The normalized spacial score (nSPS) is 11.7. The van der Waals surface area contributed by atoms with E-state index in [2.05, 4.69) is 0 Å². The first-order valence-electron chi connectivity index (χ1n) is 6.81. The molecule has 0 spiro atoms. The molecule has 4 heteroatoms. The molecule has 0 radical (unpaired) electrons. The number of aromatic nitrogens is 1. The van der Waals surface area contributed by atoms with Crippen molar-refractivity contribution < 1.29 is 9.90 Å². The molecular weight excluding hydrogens is 266 g/mol. The Morgan fingerprint density at radius 1 is 1.29 bits per heavy atom. The monoisotopic (exact) mass is 283 g/mol. The van der Waals surface area contributed by atoms with E-state index in [-0.39, 0.29) is 11.1 Å². The Balaban J connectivity index is 3.03. The van der Waals surface area contributed by atoms with E-state index in [1.54, 1.807) is 49.5 Å². The van der Waals surface area contributed by atoms with Crippen molar-refractivity contribution in [2.45, 2.75) is 20.3 Å². The Morgan fingerprint density at radius 3 is 2.52 bits per heavy atom. The highest BCUT2D eigenvalue weighted by Crippen LogP contribution is 2.21. The summed E-state index contributed by atoms with van der Waals surface area (Å²) in [5, 5.41) is 10.4. The summed E-state index contributed by atoms with van der Waals surface area (Å²) in [4.78, 5) is 24.3. The molecule has 0 bridgehead atoms. The zero-order chi connectivity index (χ0) is 15.4. The van der Waals surface area contributed by atoms with Gasteiger partial charge in [-0.3, -0.25) is 9.36 Å². The summed E-state index contributed by atoms with van der Waals surface area (Å²) in [6.07, 6.45) is 7.60. The lowest BCUT2D eigenvalue weighted by molar-refractivity contribution is 0.0698. The molecule has 21 heavy (non-hydrogen) atoms. The predicted octanol–water partition coefficient (Wildman–Crippen LogP) is 3.61. The molecule has 4 nitrogen and oxygen atoms in total. The van der Waals surface area contributed by atoms with Gasteiger partial charge in [0.05, 0.1) is 11.3 Å². The summed E-state index contributed by atoms with van der Waals surface area (Å²) < 4.78 is 1.39. The lowest BCUT2D eigenvalue weighted by Crippen LogP contribution is -2.22. The van der Waals surface area contributed by atoms with E-state index in [1.807, 2.05) is 13.0 Å². The lowest BCUT2D eigenvalue weighted by Gasteiger charge is -2.12. The van der Waals surface area contributed by atoms with E-state index in [4.69, 9.17) is 0 Å². The Labute approximate surface area is 122 Å². The van der Waals surface area contributed by atoms with Crippen LogP contribution in [0.15, 0.2) is 41.2 Å². The SMILES string of the molecule is CC=Cn1c(C=CCC)c(C(=O)O)c2ccccc2c1=O. The Hall–Kier alpha value is -2.62. The summed E-state index contributed by atoms with van der Waals surface area (Å²) in [5.74, 6) is -1.04. The van der Waals surface area contributed by atoms with Crippen molar-refractivity contribution >= 4 is 29.0 Å². The van der Waals surface area contributed by atoms with Gasteiger partial charge in [0.2, 0.25) is 0 Å². The highest BCUT2D eigenvalue weighted by atomic mass is 16.4. The first kappa shape index (κ1) is 14.8. The third-order valence-corrected chi connectivity index (χ3v) is 3.18. The number of benzene rings is 1. The molecule has 0 saturated heterocycles. The van der Waals surface area contributed by atoms with Crippen LogP contribution < -0.4 is 5.56 Å². The maximum atomic E-state index is 12.6. The molecule has 1 aromatic heterocycles. The summed E-state index contributed by atoms with van der Waals surface area (Å²) >= 11 is 0. The minimum absolute atomic E-state index is 0.146. The van der Waals surface area contributed by atoms with Gasteiger partial charge in [-0.1, -0.05) is 37.3 Å². The molecule has 0 atom stereocenters. The Morgan fingerprint density at radius 2 is 1.95 bits per heavy atom. The predicted molar refractivity (Wildman–Crippen MR) is 85.5 cm³/mol. The Bertz CT molecular complexity index is 798. The van der Waals surface area contributed by atoms with E-state index in [0.717, 1.165) is 6.42 Å². The van der Waals surface area contributed by atoms with Crippen LogP contribution in [0.4, 0.5) is 0 Å². The molecule has 2 aromatic rings. The minimum atomic E-state index is -1.04. The molecule has 108 valence electrons. The van der Waals surface area contributed by atoms with Gasteiger partial charge in [0.1, 0.15) is 0 Å². The van der Waals surface area contributed by atoms with Crippen molar-refractivity contribution in [3.8, 4) is 0 Å². The van der Waals surface area contributed by atoms with Crippen molar-refractivity contribution in [1.82, 2.24) is 4.57 Å². The van der Waals surface area contributed by atoms with Gasteiger partial charge in [-0.25, -0.2) is 4.79 Å². The minimum Gasteiger partial charge on any atom is -0.478 e. The van der Waals surface area contributed by atoms with Gasteiger partial charge in [-0.05, 0) is 25.5 Å². The van der Waals surface area contributed by atoms with Crippen LogP contribution in [-0.4, -0.2) is 15.6 Å². The largest absolute Gasteiger partial charge is 0.478 e. The third-order valence-electron chi connectivity index (χ3n) is 3.18. The lowest BCUT2D eigenvalue weighted by atomic mass is 10.0. The standard InChI is InChI=1S/C17H17NO3/c1-3-5-10-14-15(17(20)21)12-8-6-7-9-13(12)16(19)18(14)11-4-2/h4-11H,3H2,1-2H3,(H,20,21). The molecule has 0 aliphatic carbocycles. The maximum absolute atomic E-state index is 12.6. The molecule has 1 heterocycles. The van der Waals surface area contributed by atoms with Crippen LogP contribution in [0.1, 0.15) is 36.3 Å². The summed E-state index contributed by atoms with van der Waals surface area (Å²) in [6, 6.07) is 6.79. The molecule has 0 aliphatic heterocycles. The fourth-order valence-corrected chi connectivity index (χ4v) is 2.30. The average Bonchev–Trinajstić information content (AvgIpc) is 2.48. The average molecular weight is 283 g/mol. The van der Waals surface area contributed by atoms with Gasteiger partial charge >= 0.3 is 5.97 Å². The van der Waals surface area contributed by atoms with Crippen LogP contribution in [0.25, 0.3) is 23.0 Å². The summed E-state index contributed by atoms with van der Waals surface area (Å²) in [5.41, 5.74) is 0.323. The zero-order valence-electron chi connectivity index (χ0n) is 12.0. The topological polar surface area (TPSA) is 59.3 Å². The molecule has 0 amide bonds. The van der Waals surface area contributed by atoms with Gasteiger partial charge in [0, 0.05) is 17.0 Å². The second-order valence-corrected chi connectivity index (χ2v) is 4.58. The third kappa shape index (κ3) is 2.65. The van der Waals surface area contributed by atoms with Crippen LogP contribution in [0.3, 0.4) is 0 Å². The van der Waals surface area contributed by atoms with E-state index < -0.39 is 5.97 Å². The van der Waals surface area contributed by atoms with Crippen molar-refractivity contribution in [3.05, 3.63) is 58.0 Å². The number of rotatable bonds is 4. The number of aromatic carboxylic acids is 1. The van der Waals surface area contributed by atoms with Crippen LogP contribution in [0.2, 0.25) is 0 Å². The van der Waals surface area contributed by atoms with Crippen molar-refractivity contribution in [2.75, 3.05) is 0 Å². The number of carbonyl (C=O) groups is 1. The first-order chi connectivity index (χ1) is 10.1. The maximum Gasteiger partial charge on any atom is 0.338 e. The number of fused-ring (bicyclic) bond motifs is 1. The van der Waals surface area contributed by atoms with E-state index >= 15 is 0 Å². The molecule has 0 fully saturated rings. The molecule has 1 aromatic carbocycles. The fourth-order valence-electron chi connectivity index (χ4n) is 2.30. The molecular formula is C17H17NO3. The smallest absolute Gasteiger partial charge is 0.338 e. The number of nitrogens with zero attached hydrogens (tertiary/aromatic N) is 1. The second-order valence-electron chi connectivity index (χ2n) is 4.58. The molecule has 2 rings (SSSR count). The van der Waals surface area contributed by atoms with Crippen molar-refractivity contribution in [1.29, 1.82) is 0 Å². The van der Waals surface area contributed by atoms with E-state index in [1.165, 1.54) is 4.57 Å². The number of pyridine rings is 1. The Kier molecular flexibility index (Phi) is 4.38. The van der Waals surface area contributed by atoms with Crippen LogP contribution in [0.5, 0.6) is 0 Å². The summed E-state index contributed by atoms with van der Waals surface area (Å²) in [6.45, 7) is 3.74. The number of carboxylic acids is 1. The molecule has 1 N–H and O–H groups in total. The van der Waals surface area contributed by atoms with Gasteiger partial charge in [0.25, 0.3) is 5.56 Å². The van der Waals surface area contributed by atoms with Crippen LogP contribution in [-0.2, 0) is 0 Å². The van der Waals surface area contributed by atoms with Crippen LogP contribution in [0, 0.1) is 0 Å². The van der Waals surface area contributed by atoms with E-state index in [9.17, 15) is 14.7 Å². The molecule has 0 saturated carbocycles. The van der Waals surface area contributed by atoms with E-state index in [0.29, 0.717) is 16.5 Å². The van der Waals surface area contributed by atoms with Crippen molar-refractivity contribution in [3.63, 3.8) is 0 Å². The number of hydrogen-bond donors (Lipinski definition) is 1. The van der Waals surface area contributed by atoms with Gasteiger partial charge in [-0.15, -0.1) is 0 Å². The first-order valence-corrected chi connectivity index (χ1v) is 6.81. The van der Waals surface area contributed by atoms with Gasteiger partial charge in [-0.2, -0.15) is 0 Å².